The zero-order valence-electron chi connectivity index (χ0n) is 19.0. The second-order valence-electron chi connectivity index (χ2n) is 10.3. The largest absolute Gasteiger partial charge is 0.393 e. The zero-order valence-corrected chi connectivity index (χ0v) is 20.8. The predicted molar refractivity (Wildman–Crippen MR) is 121 cm³/mol. The maximum absolute atomic E-state index is 12.8. The fourth-order valence-electron chi connectivity index (χ4n) is 4.23. The summed E-state index contributed by atoms with van der Waals surface area (Å²) in [4.78, 5) is 0.266. The van der Waals surface area contributed by atoms with Gasteiger partial charge in [-0.05, 0) is 25.5 Å². The van der Waals surface area contributed by atoms with E-state index in [1.165, 1.54) is 0 Å². The van der Waals surface area contributed by atoms with Crippen LogP contribution in [-0.2, 0) is 18.9 Å². The number of nitrogens with one attached hydrogen (secondary N) is 1. The van der Waals surface area contributed by atoms with Gasteiger partial charge in [0.15, 0.2) is 0 Å². The third-order valence-electron chi connectivity index (χ3n) is 5.68. The first-order chi connectivity index (χ1) is 13.2. The van der Waals surface area contributed by atoms with E-state index in [-0.39, 0.29) is 21.5 Å². The third kappa shape index (κ3) is 5.02. The lowest BCUT2D eigenvalue weighted by molar-refractivity contribution is -0.0244. The molecule has 0 bridgehead atoms. The normalized spacial score (nSPS) is 19.7. The average Bonchev–Trinajstić information content (AvgIpc) is 2.59. The van der Waals surface area contributed by atoms with Crippen LogP contribution in [0.2, 0.25) is 10.1 Å². The molecule has 1 saturated heterocycles. The van der Waals surface area contributed by atoms with Gasteiger partial charge in [0, 0.05) is 35.3 Å². The Morgan fingerprint density at radius 1 is 1.07 bits per heavy atom. The van der Waals surface area contributed by atoms with Crippen molar-refractivity contribution >= 4 is 18.6 Å². The van der Waals surface area contributed by atoms with Crippen molar-refractivity contribution in [2.45, 2.75) is 69.9 Å². The van der Waals surface area contributed by atoms with Crippen LogP contribution in [0.5, 0.6) is 0 Å². The maximum atomic E-state index is 12.8. The van der Waals surface area contributed by atoms with Gasteiger partial charge in [-0.3, -0.25) is 0 Å². The lowest BCUT2D eigenvalue weighted by Crippen LogP contribution is -2.64. The van der Waals surface area contributed by atoms with E-state index >= 15 is 0 Å². The van der Waals surface area contributed by atoms with Crippen LogP contribution in [0.25, 0.3) is 0 Å². The molecule has 5 nitrogen and oxygen atoms in total. The molecular weight excluding hydrogens is 402 g/mol. The first-order valence-electron chi connectivity index (χ1n) is 10.1. The van der Waals surface area contributed by atoms with Gasteiger partial charge in [-0.2, -0.15) is 0 Å². The Balaban J connectivity index is 2.22. The number of rotatable bonds is 6. The molecule has 0 saturated carbocycles. The van der Waals surface area contributed by atoms with E-state index in [9.17, 15) is 8.42 Å². The fraction of sp³-hybridized carbons (Fsp3) is 0.636. The number of aryl methyl sites for hydroxylation is 1. The van der Waals surface area contributed by atoms with Crippen molar-refractivity contribution in [1.29, 1.82) is 0 Å². The van der Waals surface area contributed by atoms with Crippen molar-refractivity contribution in [3.8, 4) is 0 Å². The molecule has 1 aliphatic heterocycles. The van der Waals surface area contributed by atoms with Gasteiger partial charge in [-0.1, -0.05) is 65.3 Å². The van der Waals surface area contributed by atoms with E-state index in [0.29, 0.717) is 19.6 Å². The van der Waals surface area contributed by atoms with Gasteiger partial charge < -0.3 is 8.85 Å². The van der Waals surface area contributed by atoms with Crippen LogP contribution < -0.4 is 4.72 Å². The van der Waals surface area contributed by atoms with Crippen LogP contribution in [0.1, 0.15) is 53.5 Å². The van der Waals surface area contributed by atoms with Gasteiger partial charge in [0.25, 0.3) is 0 Å². The molecule has 1 aromatic carbocycles. The molecule has 1 aliphatic rings. The van der Waals surface area contributed by atoms with E-state index in [4.69, 9.17) is 8.85 Å². The second kappa shape index (κ2) is 8.27. The molecule has 0 unspecified atom stereocenters. The Morgan fingerprint density at radius 3 is 1.97 bits per heavy atom. The summed E-state index contributed by atoms with van der Waals surface area (Å²) in [7, 11) is -6.16. The van der Waals surface area contributed by atoms with Gasteiger partial charge in [0.05, 0.1) is 4.90 Å². The molecule has 7 heteroatoms. The molecule has 29 heavy (non-hydrogen) atoms. The van der Waals surface area contributed by atoms with E-state index < -0.39 is 24.0 Å². The Hall–Kier alpha value is -0.993. The summed E-state index contributed by atoms with van der Waals surface area (Å²) >= 11 is 0. The van der Waals surface area contributed by atoms with Crippen molar-refractivity contribution in [3.63, 3.8) is 0 Å². The number of hydrogen-bond acceptors (Lipinski definition) is 4. The van der Waals surface area contributed by atoms with Crippen LogP contribution in [0.3, 0.4) is 0 Å². The number of benzene rings is 1. The molecular formula is C22H37NO4SSi. The second-order valence-corrected chi connectivity index (χ2v) is 16.9. The highest BCUT2D eigenvalue weighted by molar-refractivity contribution is 7.89. The van der Waals surface area contributed by atoms with Crippen LogP contribution in [0, 0.1) is 12.3 Å². The van der Waals surface area contributed by atoms with Gasteiger partial charge >= 0.3 is 8.56 Å². The molecule has 0 aromatic heterocycles. The lowest BCUT2D eigenvalue weighted by atomic mass is 9.86. The zero-order chi connectivity index (χ0) is 22.1. The minimum atomic E-state index is -3.60. The first-order valence-corrected chi connectivity index (χ1v) is 13.4. The lowest BCUT2D eigenvalue weighted by Gasteiger charge is -2.55. The Bertz CT molecular complexity index is 796. The summed E-state index contributed by atoms with van der Waals surface area (Å²) in [5.41, 5.74) is 0.554. The van der Waals surface area contributed by atoms with Gasteiger partial charge in [-0.25, -0.2) is 13.1 Å². The summed E-state index contributed by atoms with van der Waals surface area (Å²) in [5.74, 6) is 0. The van der Waals surface area contributed by atoms with Crippen LogP contribution in [0.4, 0.5) is 0 Å². The van der Waals surface area contributed by atoms with Crippen molar-refractivity contribution in [2.75, 3.05) is 19.8 Å². The topological polar surface area (TPSA) is 64.6 Å². The molecule has 0 radical (unpaired) electrons. The monoisotopic (exact) mass is 439 g/mol. The summed E-state index contributed by atoms with van der Waals surface area (Å²) < 4.78 is 41.5. The highest BCUT2D eigenvalue weighted by Gasteiger charge is 2.61. The standard InChI is InChI=1S/C22H37NO4SSi/c1-9-14-22(15-23-28(24,25)19-12-10-18(2)11-13-19)16-26-29(27-17-22,20(3,4)5)21(6,7)8/h9-13,23H,1,14-17H2,2-8H3. The predicted octanol–water partition coefficient (Wildman–Crippen LogP) is 4.93. The molecule has 2 rings (SSSR count). The molecule has 0 atom stereocenters. The molecule has 1 fully saturated rings. The fourth-order valence-corrected chi connectivity index (χ4v) is 10.5. The highest BCUT2D eigenvalue weighted by Crippen LogP contribution is 2.55. The Labute approximate surface area is 178 Å². The first kappa shape index (κ1) is 24.3. The van der Waals surface area contributed by atoms with E-state index in [1.54, 1.807) is 24.3 Å². The van der Waals surface area contributed by atoms with Gasteiger partial charge in [0.1, 0.15) is 0 Å². The van der Waals surface area contributed by atoms with Crippen molar-refractivity contribution in [3.05, 3.63) is 42.5 Å². The van der Waals surface area contributed by atoms with Crippen LogP contribution in [-0.4, -0.2) is 36.7 Å². The van der Waals surface area contributed by atoms with Gasteiger partial charge in [-0.15, -0.1) is 6.58 Å². The van der Waals surface area contributed by atoms with E-state index in [0.717, 1.165) is 5.56 Å². The molecule has 0 spiro atoms. The molecule has 0 aliphatic carbocycles. The van der Waals surface area contributed by atoms with Crippen molar-refractivity contribution in [2.24, 2.45) is 5.41 Å². The molecule has 0 amide bonds. The van der Waals surface area contributed by atoms with Crippen LogP contribution in [0.15, 0.2) is 41.8 Å². The highest BCUT2D eigenvalue weighted by atomic mass is 32.2. The van der Waals surface area contributed by atoms with Gasteiger partial charge in [0.2, 0.25) is 10.0 Å². The molecule has 1 heterocycles. The quantitative estimate of drug-likeness (QED) is 0.504. The minimum absolute atomic E-state index is 0.104. The minimum Gasteiger partial charge on any atom is -0.393 e. The Kier molecular flexibility index (Phi) is 6.92. The van der Waals surface area contributed by atoms with Crippen LogP contribution >= 0.6 is 0 Å². The maximum Gasteiger partial charge on any atom is 0.349 e. The van der Waals surface area contributed by atoms with E-state index in [2.05, 4.69) is 52.8 Å². The third-order valence-corrected chi connectivity index (χ3v) is 12.2. The summed E-state index contributed by atoms with van der Waals surface area (Å²) in [6, 6.07) is 6.85. The Morgan fingerprint density at radius 2 is 1.55 bits per heavy atom. The molecule has 1 aromatic rings. The van der Waals surface area contributed by atoms with Crippen molar-refractivity contribution in [1.82, 2.24) is 4.72 Å². The molecule has 164 valence electrons. The summed E-state index contributed by atoms with van der Waals surface area (Å²) in [6.45, 7) is 20.0. The average molecular weight is 440 g/mol. The smallest absolute Gasteiger partial charge is 0.349 e. The SMILES string of the molecule is C=CCC1(CNS(=O)(=O)c2ccc(C)cc2)CO[Si](C(C)(C)C)(C(C)(C)C)OC1. The summed E-state index contributed by atoms with van der Waals surface area (Å²) in [6.07, 6.45) is 2.43. The summed E-state index contributed by atoms with van der Waals surface area (Å²) in [5, 5.41) is -0.208. The van der Waals surface area contributed by atoms with E-state index in [1.807, 2.05) is 13.0 Å². The number of hydrogen-bond donors (Lipinski definition) is 1. The number of allylic oxidation sites excluding steroid dienone is 1. The molecule has 1 N–H and O–H groups in total. The van der Waals surface area contributed by atoms with Crippen molar-refractivity contribution < 1.29 is 17.3 Å². The number of sulfonamides is 1.